The summed E-state index contributed by atoms with van der Waals surface area (Å²) in [6.07, 6.45) is 0.634. The molecule has 0 unspecified atom stereocenters. The molecule has 4 heteroatoms. The first-order chi connectivity index (χ1) is 11.3. The van der Waals surface area contributed by atoms with Gasteiger partial charge in [-0.1, -0.05) is 48.5 Å². The molecule has 0 aliphatic carbocycles. The highest BCUT2D eigenvalue weighted by Crippen LogP contribution is 2.35. The molecule has 2 aromatic carbocycles. The summed E-state index contributed by atoms with van der Waals surface area (Å²) in [5.41, 5.74) is 4.57. The predicted octanol–water partition coefficient (Wildman–Crippen LogP) is 2.94. The fourth-order valence-electron chi connectivity index (χ4n) is 3.44. The van der Waals surface area contributed by atoms with Crippen LogP contribution in [0.3, 0.4) is 0 Å². The van der Waals surface area contributed by atoms with E-state index in [1.165, 1.54) is 18.1 Å². The van der Waals surface area contributed by atoms with Gasteiger partial charge in [0.25, 0.3) is 0 Å². The maximum Gasteiger partial charge on any atom is 0.323 e. The molecule has 2 heterocycles. The Morgan fingerprint density at radius 3 is 2.61 bits per heavy atom. The normalized spacial score (nSPS) is 20.2. The second-order valence-electron chi connectivity index (χ2n) is 5.85. The van der Waals surface area contributed by atoms with E-state index in [2.05, 4.69) is 34.6 Å². The topological polar surface area (TPSA) is 54.1 Å². The smallest absolute Gasteiger partial charge is 0.323 e. The molecule has 23 heavy (non-hydrogen) atoms. The number of nitrogens with one attached hydrogen (secondary N) is 2. The number of hydrogen-bond donors (Lipinski definition) is 2. The number of benzene rings is 2. The van der Waals surface area contributed by atoms with E-state index in [0.717, 1.165) is 16.8 Å². The van der Waals surface area contributed by atoms with Crippen molar-refractivity contribution in [3.8, 4) is 0 Å². The highest BCUT2D eigenvalue weighted by Gasteiger charge is 2.34. The molecule has 0 saturated heterocycles. The lowest BCUT2D eigenvalue weighted by molar-refractivity contribution is -0.143. The Bertz CT molecular complexity index is 854. The Labute approximate surface area is 134 Å². The Hall–Kier alpha value is -2.59. The Morgan fingerprint density at radius 1 is 1.09 bits per heavy atom. The molecule has 2 atom stereocenters. The maximum atomic E-state index is 12.1. The molecule has 0 fully saturated rings. The first-order valence-corrected chi connectivity index (χ1v) is 7.76. The van der Waals surface area contributed by atoms with E-state index in [1.807, 2.05) is 30.3 Å². The second-order valence-corrected chi connectivity index (χ2v) is 5.85. The van der Waals surface area contributed by atoms with Gasteiger partial charge in [0.2, 0.25) is 0 Å². The van der Waals surface area contributed by atoms with Gasteiger partial charge in [0.15, 0.2) is 0 Å². The monoisotopic (exact) mass is 306 g/mol. The fraction of sp³-hybridized carbons (Fsp3) is 0.211. The van der Waals surface area contributed by atoms with Gasteiger partial charge >= 0.3 is 5.97 Å². The number of esters is 1. The average Bonchev–Trinajstić information content (AvgIpc) is 2.99. The molecule has 0 amide bonds. The van der Waals surface area contributed by atoms with Gasteiger partial charge in [0, 0.05) is 23.0 Å². The van der Waals surface area contributed by atoms with Crippen LogP contribution in [0.25, 0.3) is 10.9 Å². The standard InChI is InChI=1S/C19H18N2O2/c1-23-19(22)16-11-14-13-9-5-6-10-15(13)20-18(14)17(21-16)12-7-3-2-4-8-12/h2-10,16-17,20-21H,11H2,1H3/t16-,17-/m0/s1. The number of H-pyrrole nitrogens is 1. The van der Waals surface area contributed by atoms with Crippen molar-refractivity contribution in [2.45, 2.75) is 18.5 Å². The van der Waals surface area contributed by atoms with Gasteiger partial charge in [-0.3, -0.25) is 10.1 Å². The van der Waals surface area contributed by atoms with Crippen LogP contribution in [0.1, 0.15) is 22.9 Å². The van der Waals surface area contributed by atoms with Crippen molar-refractivity contribution in [2.75, 3.05) is 7.11 Å². The number of carbonyl (C=O) groups is 1. The lowest BCUT2D eigenvalue weighted by Gasteiger charge is -2.30. The summed E-state index contributed by atoms with van der Waals surface area (Å²) in [5, 5.41) is 4.61. The molecule has 2 N–H and O–H groups in total. The summed E-state index contributed by atoms with van der Waals surface area (Å²) >= 11 is 0. The van der Waals surface area contributed by atoms with Crippen molar-refractivity contribution in [3.05, 3.63) is 71.4 Å². The summed E-state index contributed by atoms with van der Waals surface area (Å²) < 4.78 is 4.97. The third-order valence-electron chi connectivity index (χ3n) is 4.53. The lowest BCUT2D eigenvalue weighted by atomic mass is 9.90. The van der Waals surface area contributed by atoms with Gasteiger partial charge in [-0.15, -0.1) is 0 Å². The minimum atomic E-state index is -0.336. The molecule has 1 aliphatic heterocycles. The van der Waals surface area contributed by atoms with Crippen molar-refractivity contribution >= 4 is 16.9 Å². The number of aromatic nitrogens is 1. The van der Waals surface area contributed by atoms with E-state index in [-0.39, 0.29) is 18.1 Å². The van der Waals surface area contributed by atoms with E-state index in [0.29, 0.717) is 6.42 Å². The van der Waals surface area contributed by atoms with Crippen LogP contribution in [-0.2, 0) is 16.0 Å². The molecular weight excluding hydrogens is 288 g/mol. The first kappa shape index (κ1) is 14.0. The van der Waals surface area contributed by atoms with E-state index >= 15 is 0 Å². The highest BCUT2D eigenvalue weighted by molar-refractivity contribution is 5.87. The minimum Gasteiger partial charge on any atom is -0.468 e. The number of rotatable bonds is 2. The number of fused-ring (bicyclic) bond motifs is 3. The number of carbonyl (C=O) groups excluding carboxylic acids is 1. The van der Waals surface area contributed by atoms with Gasteiger partial charge in [0.1, 0.15) is 6.04 Å². The molecular formula is C19H18N2O2. The summed E-state index contributed by atoms with van der Waals surface area (Å²) in [7, 11) is 1.44. The quantitative estimate of drug-likeness (QED) is 0.716. The molecule has 116 valence electrons. The molecule has 0 saturated carbocycles. The van der Waals surface area contributed by atoms with Crippen molar-refractivity contribution in [1.82, 2.24) is 10.3 Å². The lowest BCUT2D eigenvalue weighted by Crippen LogP contribution is -2.45. The highest BCUT2D eigenvalue weighted by atomic mass is 16.5. The molecule has 4 rings (SSSR count). The Morgan fingerprint density at radius 2 is 1.83 bits per heavy atom. The van der Waals surface area contributed by atoms with Crippen molar-refractivity contribution in [1.29, 1.82) is 0 Å². The number of ether oxygens (including phenoxy) is 1. The Kier molecular flexibility index (Phi) is 3.39. The molecule has 3 aromatic rings. The summed E-state index contributed by atoms with van der Waals surface area (Å²) in [5.74, 6) is -0.220. The predicted molar refractivity (Wildman–Crippen MR) is 89.2 cm³/mol. The zero-order valence-corrected chi connectivity index (χ0v) is 12.9. The molecule has 0 bridgehead atoms. The minimum absolute atomic E-state index is 0.0450. The van der Waals surface area contributed by atoms with Crippen LogP contribution in [0, 0.1) is 0 Å². The van der Waals surface area contributed by atoms with E-state index in [1.54, 1.807) is 0 Å². The van der Waals surface area contributed by atoms with Crippen LogP contribution in [0.5, 0.6) is 0 Å². The number of methoxy groups -OCH3 is 1. The van der Waals surface area contributed by atoms with Gasteiger partial charge in [0.05, 0.1) is 13.2 Å². The van der Waals surface area contributed by atoms with E-state index in [9.17, 15) is 4.79 Å². The van der Waals surface area contributed by atoms with Crippen LogP contribution >= 0.6 is 0 Å². The van der Waals surface area contributed by atoms with Gasteiger partial charge in [-0.2, -0.15) is 0 Å². The molecule has 1 aromatic heterocycles. The SMILES string of the molecule is COC(=O)[C@@H]1Cc2c([nH]c3ccccc23)[C@H](c2ccccc2)N1. The molecule has 0 spiro atoms. The first-order valence-electron chi connectivity index (χ1n) is 7.76. The molecule has 4 nitrogen and oxygen atoms in total. The van der Waals surface area contributed by atoms with Crippen LogP contribution < -0.4 is 5.32 Å². The van der Waals surface area contributed by atoms with Crippen LogP contribution in [0.15, 0.2) is 54.6 Å². The number of hydrogen-bond acceptors (Lipinski definition) is 3. The van der Waals surface area contributed by atoms with E-state index < -0.39 is 0 Å². The summed E-state index contributed by atoms with van der Waals surface area (Å²) in [6, 6.07) is 18.0. The third-order valence-corrected chi connectivity index (χ3v) is 4.53. The maximum absolute atomic E-state index is 12.1. The Balaban J connectivity index is 1.88. The van der Waals surface area contributed by atoms with Crippen molar-refractivity contribution in [3.63, 3.8) is 0 Å². The zero-order chi connectivity index (χ0) is 15.8. The van der Waals surface area contributed by atoms with Gasteiger partial charge < -0.3 is 9.72 Å². The summed E-state index contributed by atoms with van der Waals surface area (Å²) in [4.78, 5) is 15.6. The molecule has 0 radical (unpaired) electrons. The second kappa shape index (κ2) is 5.56. The largest absolute Gasteiger partial charge is 0.468 e. The summed E-state index contributed by atoms with van der Waals surface area (Å²) in [6.45, 7) is 0. The number of aromatic amines is 1. The van der Waals surface area contributed by atoms with Crippen LogP contribution in [0.2, 0.25) is 0 Å². The number of para-hydroxylation sites is 1. The average molecular weight is 306 g/mol. The van der Waals surface area contributed by atoms with Crippen LogP contribution in [0.4, 0.5) is 0 Å². The molecule has 1 aliphatic rings. The van der Waals surface area contributed by atoms with Crippen molar-refractivity contribution in [2.24, 2.45) is 0 Å². The third kappa shape index (κ3) is 2.32. The zero-order valence-electron chi connectivity index (χ0n) is 12.9. The van der Waals surface area contributed by atoms with E-state index in [4.69, 9.17) is 4.74 Å². The fourth-order valence-corrected chi connectivity index (χ4v) is 3.44. The van der Waals surface area contributed by atoms with Crippen molar-refractivity contribution < 1.29 is 9.53 Å². The van der Waals surface area contributed by atoms with Crippen LogP contribution in [-0.4, -0.2) is 24.1 Å². The van der Waals surface area contributed by atoms with Gasteiger partial charge in [-0.05, 0) is 17.2 Å². The van der Waals surface area contributed by atoms with Gasteiger partial charge in [-0.25, -0.2) is 0 Å².